The standard InChI is InChI=1S/C33H42N6O2/c1-23-15-16-27(20-24(23)2)31(40)37-21-28-17-19-39(32(41)30(38-28)14-9-18-36-33(34)35)22-29(25-10-5-3-6-11-25)26-12-7-4-8-13-26/h3-8,10-13,15-16,20,28-30,38H,9,14,17-19,21-22H2,1-2H3,(H,37,40)(H4,34,35,36)/t28-,30-/m0/s1. The van der Waals surface area contributed by atoms with Crippen molar-refractivity contribution in [1.29, 1.82) is 5.41 Å². The molecule has 0 aromatic heterocycles. The lowest BCUT2D eigenvalue weighted by Crippen LogP contribution is -2.49. The quantitative estimate of drug-likeness (QED) is 0.141. The Bertz CT molecular complexity index is 1270. The molecule has 0 radical (unpaired) electrons. The summed E-state index contributed by atoms with van der Waals surface area (Å²) >= 11 is 0. The summed E-state index contributed by atoms with van der Waals surface area (Å²) in [5, 5.41) is 16.9. The molecule has 1 aliphatic rings. The predicted octanol–water partition coefficient (Wildman–Crippen LogP) is 3.69. The van der Waals surface area contributed by atoms with Gasteiger partial charge >= 0.3 is 0 Å². The van der Waals surface area contributed by atoms with Crippen molar-refractivity contribution < 1.29 is 9.59 Å². The monoisotopic (exact) mass is 554 g/mol. The van der Waals surface area contributed by atoms with Crippen molar-refractivity contribution in [3.8, 4) is 0 Å². The van der Waals surface area contributed by atoms with Gasteiger partial charge in [0.25, 0.3) is 5.91 Å². The summed E-state index contributed by atoms with van der Waals surface area (Å²) in [7, 11) is 0. The number of carbonyl (C=O) groups is 2. The van der Waals surface area contributed by atoms with E-state index in [1.54, 1.807) is 0 Å². The van der Waals surface area contributed by atoms with E-state index in [1.807, 2.05) is 73.3 Å². The minimum atomic E-state index is -0.401. The molecule has 0 spiro atoms. The van der Waals surface area contributed by atoms with Crippen LogP contribution in [0.15, 0.2) is 78.9 Å². The molecule has 0 saturated carbocycles. The van der Waals surface area contributed by atoms with Crippen molar-refractivity contribution in [2.75, 3.05) is 26.2 Å². The van der Waals surface area contributed by atoms with E-state index in [0.29, 0.717) is 44.6 Å². The largest absolute Gasteiger partial charge is 0.370 e. The zero-order valence-electron chi connectivity index (χ0n) is 24.0. The van der Waals surface area contributed by atoms with Crippen LogP contribution in [0, 0.1) is 19.3 Å². The molecule has 6 N–H and O–H groups in total. The van der Waals surface area contributed by atoms with Crippen LogP contribution < -0.4 is 21.7 Å². The van der Waals surface area contributed by atoms with Crippen LogP contribution in [0.4, 0.5) is 0 Å². The van der Waals surface area contributed by atoms with Crippen LogP contribution >= 0.6 is 0 Å². The van der Waals surface area contributed by atoms with Gasteiger partial charge in [0, 0.05) is 43.7 Å². The number of benzene rings is 3. The van der Waals surface area contributed by atoms with Gasteiger partial charge in [0.2, 0.25) is 5.91 Å². The van der Waals surface area contributed by atoms with Crippen molar-refractivity contribution in [2.24, 2.45) is 5.73 Å². The van der Waals surface area contributed by atoms with Gasteiger partial charge in [-0.2, -0.15) is 0 Å². The first-order valence-electron chi connectivity index (χ1n) is 14.4. The molecule has 8 nitrogen and oxygen atoms in total. The number of hydrogen-bond acceptors (Lipinski definition) is 4. The van der Waals surface area contributed by atoms with Gasteiger partial charge in [0.1, 0.15) is 0 Å². The van der Waals surface area contributed by atoms with Crippen LogP contribution in [0.3, 0.4) is 0 Å². The zero-order valence-corrected chi connectivity index (χ0v) is 24.0. The molecule has 41 heavy (non-hydrogen) atoms. The van der Waals surface area contributed by atoms with Gasteiger partial charge in [0.05, 0.1) is 6.04 Å². The number of nitrogens with zero attached hydrogens (tertiary/aromatic N) is 1. The Morgan fingerprint density at radius 3 is 2.27 bits per heavy atom. The molecule has 3 aromatic rings. The van der Waals surface area contributed by atoms with E-state index >= 15 is 0 Å². The highest BCUT2D eigenvalue weighted by Crippen LogP contribution is 2.27. The van der Waals surface area contributed by atoms with Gasteiger partial charge in [-0.1, -0.05) is 66.7 Å². The van der Waals surface area contributed by atoms with Gasteiger partial charge in [-0.3, -0.25) is 15.0 Å². The minimum absolute atomic E-state index is 0.0439. The number of amides is 2. The molecule has 2 amide bonds. The highest BCUT2D eigenvalue weighted by Gasteiger charge is 2.32. The van der Waals surface area contributed by atoms with Crippen LogP contribution in [0.2, 0.25) is 0 Å². The van der Waals surface area contributed by atoms with Crippen molar-refractivity contribution in [1.82, 2.24) is 20.9 Å². The summed E-state index contributed by atoms with van der Waals surface area (Å²) in [5.74, 6) is -0.0832. The summed E-state index contributed by atoms with van der Waals surface area (Å²) in [6.45, 7) is 6.14. The molecular weight excluding hydrogens is 512 g/mol. The van der Waals surface area contributed by atoms with E-state index in [9.17, 15) is 9.59 Å². The Hall–Kier alpha value is -4.17. The summed E-state index contributed by atoms with van der Waals surface area (Å²) in [6, 6.07) is 25.9. The lowest BCUT2D eigenvalue weighted by molar-refractivity contribution is -0.133. The fourth-order valence-corrected chi connectivity index (χ4v) is 5.35. The van der Waals surface area contributed by atoms with Crippen LogP contribution in [0.5, 0.6) is 0 Å². The van der Waals surface area contributed by atoms with Crippen LogP contribution in [-0.2, 0) is 4.79 Å². The minimum Gasteiger partial charge on any atom is -0.370 e. The Balaban J connectivity index is 1.49. The molecule has 0 unspecified atom stereocenters. The van der Waals surface area contributed by atoms with Gasteiger partial charge in [-0.25, -0.2) is 0 Å². The molecule has 4 rings (SSSR count). The van der Waals surface area contributed by atoms with Crippen LogP contribution in [0.1, 0.15) is 57.8 Å². The van der Waals surface area contributed by atoms with Gasteiger partial charge in [-0.05, 0) is 67.5 Å². The third-order valence-electron chi connectivity index (χ3n) is 7.86. The topological polar surface area (TPSA) is 123 Å². The number of hydrogen-bond donors (Lipinski definition) is 5. The van der Waals surface area contributed by atoms with Crippen LogP contribution in [0.25, 0.3) is 0 Å². The lowest BCUT2D eigenvalue weighted by Gasteiger charge is -2.29. The number of aryl methyl sites for hydroxylation is 2. The SMILES string of the molecule is Cc1ccc(C(=O)NC[C@@H]2CCN(CC(c3ccccc3)c3ccccc3)C(=O)[C@H](CCCNC(=N)N)N2)cc1C. The maximum atomic E-state index is 13.9. The molecule has 0 bridgehead atoms. The predicted molar refractivity (Wildman–Crippen MR) is 164 cm³/mol. The smallest absolute Gasteiger partial charge is 0.251 e. The lowest BCUT2D eigenvalue weighted by atomic mass is 9.90. The average Bonchev–Trinajstić information content (AvgIpc) is 3.13. The van der Waals surface area contributed by atoms with Crippen molar-refractivity contribution in [2.45, 2.75) is 51.1 Å². The highest BCUT2D eigenvalue weighted by molar-refractivity contribution is 5.94. The molecule has 2 atom stereocenters. The number of guanidine groups is 1. The molecule has 3 aromatic carbocycles. The van der Waals surface area contributed by atoms with E-state index in [0.717, 1.165) is 17.5 Å². The molecule has 1 heterocycles. The summed E-state index contributed by atoms with van der Waals surface area (Å²) in [5.41, 5.74) is 10.7. The average molecular weight is 555 g/mol. The number of nitrogens with two attached hydrogens (primary N) is 1. The Kier molecular flexibility index (Phi) is 10.5. The summed E-state index contributed by atoms with van der Waals surface area (Å²) in [6.07, 6.45) is 2.00. The molecule has 0 aliphatic carbocycles. The Labute approximate surface area is 243 Å². The number of rotatable bonds is 11. The molecular formula is C33H42N6O2. The van der Waals surface area contributed by atoms with Gasteiger partial charge in [-0.15, -0.1) is 0 Å². The maximum absolute atomic E-state index is 13.9. The second kappa shape index (κ2) is 14.5. The normalized spacial score (nSPS) is 17.2. The summed E-state index contributed by atoms with van der Waals surface area (Å²) in [4.78, 5) is 28.8. The molecule has 1 aliphatic heterocycles. The first kappa shape index (κ1) is 29.8. The molecule has 1 saturated heterocycles. The van der Waals surface area contributed by atoms with E-state index in [4.69, 9.17) is 11.1 Å². The van der Waals surface area contributed by atoms with Gasteiger partial charge in [0.15, 0.2) is 5.96 Å². The van der Waals surface area contributed by atoms with Crippen LogP contribution in [-0.4, -0.2) is 60.9 Å². The van der Waals surface area contributed by atoms with Crippen molar-refractivity contribution in [3.63, 3.8) is 0 Å². The van der Waals surface area contributed by atoms with Gasteiger partial charge < -0.3 is 26.6 Å². The zero-order chi connectivity index (χ0) is 29.2. The fraction of sp³-hybridized carbons (Fsp3) is 0.364. The highest BCUT2D eigenvalue weighted by atomic mass is 16.2. The van der Waals surface area contributed by atoms with Crippen molar-refractivity contribution >= 4 is 17.8 Å². The first-order chi connectivity index (χ1) is 19.8. The number of carbonyl (C=O) groups excluding carboxylic acids is 2. The van der Waals surface area contributed by atoms with E-state index in [2.05, 4.69) is 40.2 Å². The van der Waals surface area contributed by atoms with E-state index < -0.39 is 6.04 Å². The molecule has 8 heteroatoms. The fourth-order valence-electron chi connectivity index (χ4n) is 5.35. The van der Waals surface area contributed by atoms with E-state index in [1.165, 1.54) is 11.1 Å². The second-order valence-corrected chi connectivity index (χ2v) is 10.9. The summed E-state index contributed by atoms with van der Waals surface area (Å²) < 4.78 is 0. The number of nitrogens with one attached hydrogen (secondary N) is 4. The third-order valence-corrected chi connectivity index (χ3v) is 7.86. The van der Waals surface area contributed by atoms with E-state index in [-0.39, 0.29) is 29.7 Å². The maximum Gasteiger partial charge on any atom is 0.251 e. The molecule has 216 valence electrons. The third kappa shape index (κ3) is 8.41. The Morgan fingerprint density at radius 2 is 1.66 bits per heavy atom. The van der Waals surface area contributed by atoms with Crippen molar-refractivity contribution in [3.05, 3.63) is 107 Å². The Morgan fingerprint density at radius 1 is 1.00 bits per heavy atom. The first-order valence-corrected chi connectivity index (χ1v) is 14.4. The molecule has 1 fully saturated rings. The second-order valence-electron chi connectivity index (χ2n) is 10.9.